The lowest BCUT2D eigenvalue weighted by Crippen LogP contribution is -2.28. The molecule has 0 aliphatic rings. The number of fused-ring (bicyclic) bond motifs is 1. The number of carbonyl (C=O) groups is 1. The summed E-state index contributed by atoms with van der Waals surface area (Å²) in [6.45, 7) is 6.36. The topological polar surface area (TPSA) is 81.2 Å². The van der Waals surface area contributed by atoms with Gasteiger partial charge in [0.1, 0.15) is 5.52 Å². The van der Waals surface area contributed by atoms with Crippen molar-refractivity contribution in [2.45, 2.75) is 33.1 Å². The summed E-state index contributed by atoms with van der Waals surface area (Å²) in [6.07, 6.45) is 0.728. The second-order valence-electron chi connectivity index (χ2n) is 5.22. The Kier molecular flexibility index (Phi) is 4.39. The zero-order valence-electron chi connectivity index (χ0n) is 12.1. The average Bonchev–Trinajstić information content (AvgIpc) is 2.83. The minimum absolute atomic E-state index is 0.0538. The number of rotatable bonds is 5. The van der Waals surface area contributed by atoms with Crippen LogP contribution >= 0.6 is 0 Å². The lowest BCUT2D eigenvalue weighted by Gasteiger charge is -2.12. The maximum Gasteiger partial charge on any atom is 0.228 e. The van der Waals surface area contributed by atoms with Gasteiger partial charge in [0.25, 0.3) is 0 Å². The highest BCUT2D eigenvalue weighted by Crippen LogP contribution is 2.24. The monoisotopic (exact) mass is 275 g/mol. The molecule has 5 heteroatoms. The van der Waals surface area contributed by atoms with E-state index in [2.05, 4.69) is 10.3 Å². The number of nitrogens with two attached hydrogens (primary N) is 1. The Morgan fingerprint density at radius 2 is 2.20 bits per heavy atom. The van der Waals surface area contributed by atoms with Crippen molar-refractivity contribution < 1.29 is 9.21 Å². The van der Waals surface area contributed by atoms with Gasteiger partial charge >= 0.3 is 0 Å². The van der Waals surface area contributed by atoms with E-state index in [1.807, 2.05) is 39.0 Å². The fraction of sp³-hybridized carbons (Fsp3) is 0.467. The number of nitrogens with zero attached hydrogens (tertiary/aromatic N) is 1. The van der Waals surface area contributed by atoms with E-state index in [1.165, 1.54) is 0 Å². The molecule has 1 unspecified atom stereocenters. The number of anilines is 1. The van der Waals surface area contributed by atoms with Crippen LogP contribution < -0.4 is 11.1 Å². The Labute approximate surface area is 118 Å². The molecule has 2 aromatic rings. The van der Waals surface area contributed by atoms with Crippen LogP contribution in [-0.2, 0) is 4.79 Å². The molecule has 0 radical (unpaired) electrons. The van der Waals surface area contributed by atoms with Crippen molar-refractivity contribution in [3.63, 3.8) is 0 Å². The van der Waals surface area contributed by atoms with Gasteiger partial charge in [-0.3, -0.25) is 4.79 Å². The van der Waals surface area contributed by atoms with E-state index in [0.29, 0.717) is 12.4 Å². The van der Waals surface area contributed by atoms with Gasteiger partial charge in [0.2, 0.25) is 5.91 Å². The van der Waals surface area contributed by atoms with E-state index in [4.69, 9.17) is 10.2 Å². The molecule has 0 saturated heterocycles. The first-order valence-corrected chi connectivity index (χ1v) is 6.96. The molecule has 1 aromatic carbocycles. The highest BCUT2D eigenvalue weighted by Gasteiger charge is 2.15. The fourth-order valence-corrected chi connectivity index (χ4v) is 1.97. The number of benzene rings is 1. The van der Waals surface area contributed by atoms with Crippen molar-refractivity contribution in [3.05, 3.63) is 24.1 Å². The van der Waals surface area contributed by atoms with Crippen LogP contribution in [-0.4, -0.2) is 17.4 Å². The Morgan fingerprint density at radius 1 is 1.45 bits per heavy atom. The van der Waals surface area contributed by atoms with E-state index < -0.39 is 0 Å². The van der Waals surface area contributed by atoms with Crippen molar-refractivity contribution in [2.75, 3.05) is 11.9 Å². The molecule has 0 fully saturated rings. The molecule has 2 rings (SSSR count). The molecular weight excluding hydrogens is 254 g/mol. The molecule has 5 nitrogen and oxygen atoms in total. The van der Waals surface area contributed by atoms with Crippen molar-refractivity contribution >= 4 is 22.7 Å². The van der Waals surface area contributed by atoms with Crippen LogP contribution in [0.2, 0.25) is 0 Å². The fourth-order valence-electron chi connectivity index (χ4n) is 1.97. The molecule has 1 amide bonds. The van der Waals surface area contributed by atoms with Gasteiger partial charge in [0.15, 0.2) is 11.5 Å². The van der Waals surface area contributed by atoms with E-state index in [9.17, 15) is 4.79 Å². The summed E-state index contributed by atoms with van der Waals surface area (Å²) in [4.78, 5) is 16.4. The number of amides is 1. The first kappa shape index (κ1) is 14.5. The van der Waals surface area contributed by atoms with Crippen LogP contribution in [0.4, 0.5) is 5.69 Å². The predicted molar refractivity (Wildman–Crippen MR) is 79.6 cm³/mol. The van der Waals surface area contributed by atoms with Gasteiger partial charge in [-0.25, -0.2) is 4.98 Å². The molecule has 108 valence electrons. The normalized spacial score (nSPS) is 12.8. The van der Waals surface area contributed by atoms with Crippen LogP contribution in [0.25, 0.3) is 11.1 Å². The second kappa shape index (κ2) is 6.05. The summed E-state index contributed by atoms with van der Waals surface area (Å²) < 4.78 is 5.64. The van der Waals surface area contributed by atoms with Crippen molar-refractivity contribution in [1.82, 2.24) is 4.98 Å². The molecule has 3 N–H and O–H groups in total. The van der Waals surface area contributed by atoms with Crippen molar-refractivity contribution in [2.24, 2.45) is 11.7 Å². The van der Waals surface area contributed by atoms with Gasteiger partial charge < -0.3 is 15.5 Å². The molecule has 0 aliphatic heterocycles. The Balaban J connectivity index is 2.21. The molecule has 1 atom stereocenters. The molecule has 0 bridgehead atoms. The first-order chi connectivity index (χ1) is 9.55. The number of nitrogens with one attached hydrogen (secondary N) is 1. The summed E-state index contributed by atoms with van der Waals surface area (Å²) in [5.74, 6) is 0.732. The average molecular weight is 275 g/mol. The minimum atomic E-state index is -0.158. The van der Waals surface area contributed by atoms with Crippen LogP contribution in [0.5, 0.6) is 0 Å². The number of hydrogen-bond donors (Lipinski definition) is 2. The summed E-state index contributed by atoms with van der Waals surface area (Å²) in [5.41, 5.74) is 7.79. The molecule has 1 aromatic heterocycles. The minimum Gasteiger partial charge on any atom is -0.440 e. The highest BCUT2D eigenvalue weighted by molar-refractivity contribution is 5.94. The molecule has 0 saturated carbocycles. The molecular formula is C15H21N3O2. The third-order valence-corrected chi connectivity index (χ3v) is 3.31. The number of oxazole rings is 1. The number of hydrogen-bond acceptors (Lipinski definition) is 4. The standard InChI is InChI=1S/C15H21N3O2/c1-4-10(8-16)14(19)17-11-5-6-13-12(7-11)18-15(20-13)9(2)3/h5-7,9-10H,4,8,16H2,1-3H3,(H,17,19). The van der Waals surface area contributed by atoms with Gasteiger partial charge in [-0.05, 0) is 24.6 Å². The van der Waals surface area contributed by atoms with Crippen molar-refractivity contribution in [3.8, 4) is 0 Å². The largest absolute Gasteiger partial charge is 0.440 e. The Bertz CT molecular complexity index is 600. The zero-order chi connectivity index (χ0) is 14.7. The Hall–Kier alpha value is -1.88. The number of aromatic nitrogens is 1. The summed E-state index contributed by atoms with van der Waals surface area (Å²) in [5, 5.41) is 2.87. The molecule has 20 heavy (non-hydrogen) atoms. The van der Waals surface area contributed by atoms with Crippen LogP contribution in [0, 0.1) is 5.92 Å². The quantitative estimate of drug-likeness (QED) is 0.879. The third kappa shape index (κ3) is 2.99. The van der Waals surface area contributed by atoms with Crippen LogP contribution in [0.3, 0.4) is 0 Å². The highest BCUT2D eigenvalue weighted by atomic mass is 16.3. The smallest absolute Gasteiger partial charge is 0.228 e. The van der Waals surface area contributed by atoms with E-state index in [1.54, 1.807) is 0 Å². The maximum absolute atomic E-state index is 12.0. The number of carbonyl (C=O) groups excluding carboxylic acids is 1. The maximum atomic E-state index is 12.0. The summed E-state index contributed by atoms with van der Waals surface area (Å²) in [7, 11) is 0. The summed E-state index contributed by atoms with van der Waals surface area (Å²) >= 11 is 0. The SMILES string of the molecule is CCC(CN)C(=O)Nc1ccc2oc(C(C)C)nc2c1. The third-order valence-electron chi connectivity index (χ3n) is 3.31. The van der Waals surface area contributed by atoms with Crippen LogP contribution in [0.1, 0.15) is 39.0 Å². The van der Waals surface area contributed by atoms with E-state index >= 15 is 0 Å². The molecule has 1 heterocycles. The van der Waals surface area contributed by atoms with Gasteiger partial charge in [0, 0.05) is 18.2 Å². The van der Waals surface area contributed by atoms with Gasteiger partial charge in [0.05, 0.1) is 5.92 Å². The Morgan fingerprint density at radius 3 is 2.80 bits per heavy atom. The predicted octanol–water partition coefficient (Wildman–Crippen LogP) is 2.87. The zero-order valence-corrected chi connectivity index (χ0v) is 12.1. The lowest BCUT2D eigenvalue weighted by molar-refractivity contribution is -0.119. The van der Waals surface area contributed by atoms with E-state index in [0.717, 1.165) is 23.2 Å². The van der Waals surface area contributed by atoms with Crippen molar-refractivity contribution in [1.29, 1.82) is 0 Å². The summed E-state index contributed by atoms with van der Waals surface area (Å²) in [6, 6.07) is 5.47. The van der Waals surface area contributed by atoms with Crippen LogP contribution in [0.15, 0.2) is 22.6 Å². The van der Waals surface area contributed by atoms with Gasteiger partial charge in [-0.1, -0.05) is 20.8 Å². The molecule has 0 aliphatic carbocycles. The second-order valence-corrected chi connectivity index (χ2v) is 5.22. The molecule has 0 spiro atoms. The van der Waals surface area contributed by atoms with Gasteiger partial charge in [-0.2, -0.15) is 0 Å². The first-order valence-electron chi connectivity index (χ1n) is 6.96. The van der Waals surface area contributed by atoms with Gasteiger partial charge in [-0.15, -0.1) is 0 Å². The lowest BCUT2D eigenvalue weighted by atomic mass is 10.1. The van der Waals surface area contributed by atoms with E-state index in [-0.39, 0.29) is 17.7 Å².